The van der Waals surface area contributed by atoms with Gasteiger partial charge in [0, 0.05) is 18.5 Å². The molecule has 0 fully saturated rings. The molecule has 1 rings (SSSR count). The third-order valence-electron chi connectivity index (χ3n) is 2.81. The van der Waals surface area contributed by atoms with Crippen LogP contribution in [0.5, 0.6) is 0 Å². The normalized spacial score (nSPS) is 14.8. The molecule has 1 aromatic heterocycles. The predicted molar refractivity (Wildman–Crippen MR) is 72.6 cm³/mol. The van der Waals surface area contributed by atoms with Crippen LogP contribution in [-0.4, -0.2) is 37.5 Å². The molecule has 0 bridgehead atoms. The maximum absolute atomic E-state index is 10.2. The van der Waals surface area contributed by atoms with Crippen molar-refractivity contribution < 1.29 is 9.84 Å². The first-order valence-electron chi connectivity index (χ1n) is 6.08. The molecule has 1 atom stereocenters. The van der Waals surface area contributed by atoms with Crippen LogP contribution in [0.4, 0.5) is 0 Å². The lowest BCUT2D eigenvalue weighted by molar-refractivity contribution is 0.0423. The van der Waals surface area contributed by atoms with Crippen molar-refractivity contribution >= 4 is 11.3 Å². The van der Waals surface area contributed by atoms with Crippen LogP contribution in [0.1, 0.15) is 24.6 Å². The summed E-state index contributed by atoms with van der Waals surface area (Å²) in [4.78, 5) is 1.35. The molecule has 0 saturated heterocycles. The molecule has 4 heteroatoms. The van der Waals surface area contributed by atoms with E-state index in [-0.39, 0.29) is 0 Å². The third kappa shape index (κ3) is 6.78. The standard InChI is InChI=1S/C13H23NO2S/c1-13(15,7-8-14-9-10-16-2)6-5-12-4-3-11-17-12/h3-4,11,14-15H,5-10H2,1-2H3. The molecule has 1 aromatic rings. The van der Waals surface area contributed by atoms with Crippen molar-refractivity contribution in [3.05, 3.63) is 22.4 Å². The van der Waals surface area contributed by atoms with E-state index in [9.17, 15) is 5.11 Å². The fourth-order valence-electron chi connectivity index (χ4n) is 1.63. The molecular weight excluding hydrogens is 234 g/mol. The van der Waals surface area contributed by atoms with E-state index >= 15 is 0 Å². The first kappa shape index (κ1) is 14.6. The Balaban J connectivity index is 2.12. The number of hydrogen-bond acceptors (Lipinski definition) is 4. The molecule has 98 valence electrons. The lowest BCUT2D eigenvalue weighted by Gasteiger charge is -2.23. The van der Waals surface area contributed by atoms with Crippen LogP contribution >= 0.6 is 11.3 Å². The van der Waals surface area contributed by atoms with Gasteiger partial charge < -0.3 is 15.2 Å². The highest BCUT2D eigenvalue weighted by molar-refractivity contribution is 7.09. The summed E-state index contributed by atoms with van der Waals surface area (Å²) >= 11 is 1.76. The van der Waals surface area contributed by atoms with E-state index in [1.807, 2.05) is 6.92 Å². The van der Waals surface area contributed by atoms with Crippen molar-refractivity contribution in [1.82, 2.24) is 5.32 Å². The first-order chi connectivity index (χ1) is 8.14. The summed E-state index contributed by atoms with van der Waals surface area (Å²) in [5.41, 5.74) is -0.579. The highest BCUT2D eigenvalue weighted by Gasteiger charge is 2.19. The van der Waals surface area contributed by atoms with E-state index in [1.54, 1.807) is 18.4 Å². The highest BCUT2D eigenvalue weighted by atomic mass is 32.1. The lowest BCUT2D eigenvalue weighted by Crippen LogP contribution is -2.31. The Kier molecular flexibility index (Phi) is 6.73. The molecule has 0 aromatic carbocycles. The van der Waals surface area contributed by atoms with Gasteiger partial charge in [-0.05, 0) is 44.2 Å². The molecule has 0 spiro atoms. The number of hydrogen-bond donors (Lipinski definition) is 2. The monoisotopic (exact) mass is 257 g/mol. The molecule has 1 unspecified atom stereocenters. The van der Waals surface area contributed by atoms with Crippen LogP contribution in [0.3, 0.4) is 0 Å². The van der Waals surface area contributed by atoms with E-state index in [1.165, 1.54) is 4.88 Å². The van der Waals surface area contributed by atoms with E-state index in [0.29, 0.717) is 0 Å². The van der Waals surface area contributed by atoms with Gasteiger partial charge in [0.2, 0.25) is 0 Å². The van der Waals surface area contributed by atoms with Gasteiger partial charge in [0.15, 0.2) is 0 Å². The van der Waals surface area contributed by atoms with E-state index in [2.05, 4.69) is 22.8 Å². The summed E-state index contributed by atoms with van der Waals surface area (Å²) in [6, 6.07) is 4.18. The number of methoxy groups -OCH3 is 1. The van der Waals surface area contributed by atoms with Crippen LogP contribution in [-0.2, 0) is 11.2 Å². The Hall–Kier alpha value is -0.420. The number of aliphatic hydroxyl groups is 1. The van der Waals surface area contributed by atoms with Crippen LogP contribution in [0.2, 0.25) is 0 Å². The van der Waals surface area contributed by atoms with Gasteiger partial charge in [0.1, 0.15) is 0 Å². The van der Waals surface area contributed by atoms with Gasteiger partial charge in [-0.3, -0.25) is 0 Å². The second-order valence-corrected chi connectivity index (χ2v) is 5.60. The third-order valence-corrected chi connectivity index (χ3v) is 3.75. The summed E-state index contributed by atoms with van der Waals surface area (Å²) in [5, 5.41) is 15.5. The molecule has 1 heterocycles. The number of aryl methyl sites for hydroxylation is 1. The zero-order valence-electron chi connectivity index (χ0n) is 10.7. The minimum absolute atomic E-state index is 0.579. The van der Waals surface area contributed by atoms with Crippen molar-refractivity contribution in [2.45, 2.75) is 31.8 Å². The van der Waals surface area contributed by atoms with Gasteiger partial charge in [-0.1, -0.05) is 6.07 Å². The Morgan fingerprint density at radius 1 is 1.41 bits per heavy atom. The zero-order valence-corrected chi connectivity index (χ0v) is 11.6. The molecule has 0 amide bonds. The highest BCUT2D eigenvalue weighted by Crippen LogP contribution is 2.19. The van der Waals surface area contributed by atoms with Crippen LogP contribution in [0.25, 0.3) is 0 Å². The van der Waals surface area contributed by atoms with Gasteiger partial charge in [-0.2, -0.15) is 0 Å². The number of nitrogens with one attached hydrogen (secondary N) is 1. The maximum atomic E-state index is 10.2. The zero-order chi connectivity index (χ0) is 12.6. The van der Waals surface area contributed by atoms with Crippen molar-refractivity contribution in [2.24, 2.45) is 0 Å². The number of ether oxygens (including phenoxy) is 1. The predicted octanol–water partition coefficient (Wildman–Crippen LogP) is 2.06. The Morgan fingerprint density at radius 3 is 2.88 bits per heavy atom. The minimum atomic E-state index is -0.579. The Bertz CT molecular complexity index is 286. The van der Waals surface area contributed by atoms with Gasteiger partial charge in [-0.15, -0.1) is 11.3 Å². The molecule has 2 N–H and O–H groups in total. The van der Waals surface area contributed by atoms with Crippen LogP contribution in [0.15, 0.2) is 17.5 Å². The molecule has 0 aliphatic carbocycles. The Morgan fingerprint density at radius 2 is 2.24 bits per heavy atom. The summed E-state index contributed by atoms with van der Waals surface area (Å²) in [7, 11) is 1.69. The smallest absolute Gasteiger partial charge is 0.0635 e. The molecule has 0 aliphatic heterocycles. The summed E-state index contributed by atoms with van der Waals surface area (Å²) in [6.07, 6.45) is 2.56. The first-order valence-corrected chi connectivity index (χ1v) is 6.96. The Labute approximate surface area is 108 Å². The second kappa shape index (κ2) is 7.82. The summed E-state index contributed by atoms with van der Waals surface area (Å²) < 4.78 is 4.95. The fraction of sp³-hybridized carbons (Fsp3) is 0.692. The van der Waals surface area contributed by atoms with Gasteiger partial charge in [0.05, 0.1) is 12.2 Å². The van der Waals surface area contributed by atoms with Crippen LogP contribution in [0, 0.1) is 0 Å². The van der Waals surface area contributed by atoms with Gasteiger partial charge >= 0.3 is 0 Å². The quantitative estimate of drug-likeness (QED) is 0.665. The van der Waals surface area contributed by atoms with Crippen molar-refractivity contribution in [3.63, 3.8) is 0 Å². The van der Waals surface area contributed by atoms with Crippen molar-refractivity contribution in [1.29, 1.82) is 0 Å². The molecule has 17 heavy (non-hydrogen) atoms. The lowest BCUT2D eigenvalue weighted by atomic mass is 9.96. The molecular formula is C13H23NO2S. The van der Waals surface area contributed by atoms with Gasteiger partial charge in [0.25, 0.3) is 0 Å². The van der Waals surface area contributed by atoms with Crippen molar-refractivity contribution in [2.75, 3.05) is 26.8 Å². The summed E-state index contributed by atoms with van der Waals surface area (Å²) in [5.74, 6) is 0. The summed E-state index contributed by atoms with van der Waals surface area (Å²) in [6.45, 7) is 4.31. The van der Waals surface area contributed by atoms with E-state index in [0.717, 1.165) is 39.0 Å². The van der Waals surface area contributed by atoms with Gasteiger partial charge in [-0.25, -0.2) is 0 Å². The molecule has 0 radical (unpaired) electrons. The average Bonchev–Trinajstić information content (AvgIpc) is 2.79. The van der Waals surface area contributed by atoms with Crippen LogP contribution < -0.4 is 5.32 Å². The van der Waals surface area contributed by atoms with E-state index < -0.39 is 5.60 Å². The fourth-order valence-corrected chi connectivity index (χ4v) is 2.34. The van der Waals surface area contributed by atoms with E-state index in [4.69, 9.17) is 4.74 Å². The minimum Gasteiger partial charge on any atom is -0.390 e. The SMILES string of the molecule is COCCNCCC(C)(O)CCc1cccs1. The average molecular weight is 257 g/mol. The topological polar surface area (TPSA) is 41.5 Å². The largest absolute Gasteiger partial charge is 0.390 e. The van der Waals surface area contributed by atoms with Crippen molar-refractivity contribution in [3.8, 4) is 0 Å². The maximum Gasteiger partial charge on any atom is 0.0635 e. The molecule has 3 nitrogen and oxygen atoms in total. The second-order valence-electron chi connectivity index (χ2n) is 4.57. The number of rotatable bonds is 9. The molecule has 0 saturated carbocycles. The molecule has 0 aliphatic rings. The number of thiophene rings is 1.